The molecule has 0 radical (unpaired) electrons. The van der Waals surface area contributed by atoms with Gasteiger partial charge in [-0.15, -0.1) is 0 Å². The summed E-state index contributed by atoms with van der Waals surface area (Å²) in [4.78, 5) is 24.6. The third kappa shape index (κ3) is 63.6. The first-order valence-electron chi connectivity index (χ1n) is 35.5. The molecule has 0 saturated heterocycles. The van der Waals surface area contributed by atoms with Gasteiger partial charge < -0.3 is 20.3 Å². The van der Waals surface area contributed by atoms with Gasteiger partial charge >= 0.3 is 5.97 Å². The maximum atomic E-state index is 12.5. The largest absolute Gasteiger partial charge is 0.466 e. The minimum atomic E-state index is -0.845. The van der Waals surface area contributed by atoms with E-state index in [9.17, 15) is 19.8 Å². The highest BCUT2D eigenvalue weighted by atomic mass is 16.5. The van der Waals surface area contributed by atoms with Crippen molar-refractivity contribution >= 4 is 11.9 Å². The number of ether oxygens (including phenoxy) is 1. The second kappa shape index (κ2) is 67.1. The lowest BCUT2D eigenvalue weighted by atomic mass is 10.0. The molecule has 0 aliphatic heterocycles. The number of carbonyl (C=O) groups excluding carboxylic acids is 2. The average Bonchev–Trinajstić information content (AvgIpc) is 3.43. The lowest BCUT2D eigenvalue weighted by molar-refractivity contribution is -0.143. The van der Waals surface area contributed by atoms with Gasteiger partial charge in [0.15, 0.2) is 0 Å². The summed E-state index contributed by atoms with van der Waals surface area (Å²) in [6.45, 7) is 4.95. The van der Waals surface area contributed by atoms with Crippen molar-refractivity contribution in [3.63, 3.8) is 0 Å². The summed E-state index contributed by atoms with van der Waals surface area (Å²) < 4.78 is 5.49. The zero-order valence-electron chi connectivity index (χ0n) is 52.5. The van der Waals surface area contributed by atoms with Crippen molar-refractivity contribution in [3.8, 4) is 0 Å². The zero-order valence-corrected chi connectivity index (χ0v) is 52.5. The van der Waals surface area contributed by atoms with Gasteiger partial charge in [-0.1, -0.05) is 373 Å². The summed E-state index contributed by atoms with van der Waals surface area (Å²) in [6, 6.07) is -0.629. The molecule has 1 amide bonds. The number of hydrogen-bond donors (Lipinski definition) is 3. The standard InChI is InChI=1S/C71H139NO5/c1-3-5-7-9-11-13-15-17-18-19-20-21-22-23-24-27-30-33-36-40-43-47-51-55-59-63-69(74)68(67-73)72-70(75)64-60-56-52-48-44-41-37-34-31-28-25-26-29-32-35-38-42-46-50-54-58-62-66-77-71(76)65-61-57-53-49-45-39-16-14-12-10-8-6-4-2/h59,63,68-69,73-74H,3-58,60-62,64-67H2,1-2H3,(H,72,75)/b63-59+. The normalized spacial score (nSPS) is 12.5. The molecular weight excluding hydrogens is 947 g/mol. The molecule has 6 heteroatoms. The van der Waals surface area contributed by atoms with E-state index in [1.807, 2.05) is 6.08 Å². The predicted molar refractivity (Wildman–Crippen MR) is 338 cm³/mol. The highest BCUT2D eigenvalue weighted by molar-refractivity contribution is 5.76. The van der Waals surface area contributed by atoms with Crippen LogP contribution in [0.15, 0.2) is 12.2 Å². The molecular formula is C71H139NO5. The number of amides is 1. The number of esters is 1. The van der Waals surface area contributed by atoms with Crippen LogP contribution in [0.5, 0.6) is 0 Å². The molecule has 0 aromatic heterocycles. The number of aliphatic hydroxyl groups is 2. The second-order valence-electron chi connectivity index (χ2n) is 24.6. The maximum absolute atomic E-state index is 12.5. The van der Waals surface area contributed by atoms with Gasteiger partial charge in [-0.2, -0.15) is 0 Å². The van der Waals surface area contributed by atoms with E-state index in [1.165, 1.54) is 340 Å². The fourth-order valence-electron chi connectivity index (χ4n) is 11.4. The molecule has 0 aromatic rings. The second-order valence-corrected chi connectivity index (χ2v) is 24.6. The van der Waals surface area contributed by atoms with E-state index in [1.54, 1.807) is 6.08 Å². The van der Waals surface area contributed by atoms with Crippen LogP contribution in [0.1, 0.15) is 406 Å². The lowest BCUT2D eigenvalue weighted by Gasteiger charge is -2.20. The van der Waals surface area contributed by atoms with Crippen LogP contribution in [0, 0.1) is 0 Å². The number of hydrogen-bond acceptors (Lipinski definition) is 5. The van der Waals surface area contributed by atoms with Crippen LogP contribution in [-0.4, -0.2) is 47.4 Å². The summed E-state index contributed by atoms with van der Waals surface area (Å²) in [5, 5.41) is 23.3. The third-order valence-corrected chi connectivity index (χ3v) is 16.8. The predicted octanol–water partition coefficient (Wildman–Crippen LogP) is 22.8. The molecule has 2 unspecified atom stereocenters. The first-order chi connectivity index (χ1) is 38.0. The summed E-state index contributed by atoms with van der Waals surface area (Å²) >= 11 is 0. The molecule has 0 fully saturated rings. The van der Waals surface area contributed by atoms with Gasteiger partial charge in [0.2, 0.25) is 5.91 Å². The van der Waals surface area contributed by atoms with Gasteiger partial charge in [-0.05, 0) is 32.1 Å². The Morgan fingerprint density at radius 3 is 0.883 bits per heavy atom. The van der Waals surface area contributed by atoms with Crippen LogP contribution >= 0.6 is 0 Å². The first kappa shape index (κ1) is 75.6. The molecule has 0 spiro atoms. The summed E-state index contributed by atoms with van der Waals surface area (Å²) in [5.74, 6) is -0.0475. The van der Waals surface area contributed by atoms with Gasteiger partial charge in [-0.25, -0.2) is 0 Å². The number of carbonyl (C=O) groups is 2. The lowest BCUT2D eigenvalue weighted by Crippen LogP contribution is -2.45. The van der Waals surface area contributed by atoms with Crippen molar-refractivity contribution in [2.24, 2.45) is 0 Å². The molecule has 0 aliphatic rings. The van der Waals surface area contributed by atoms with Gasteiger partial charge in [-0.3, -0.25) is 9.59 Å². The third-order valence-electron chi connectivity index (χ3n) is 16.8. The number of aliphatic hydroxyl groups excluding tert-OH is 2. The van der Waals surface area contributed by atoms with E-state index in [2.05, 4.69) is 19.2 Å². The van der Waals surface area contributed by atoms with Crippen molar-refractivity contribution in [1.29, 1.82) is 0 Å². The fraction of sp³-hybridized carbons (Fsp3) is 0.944. The van der Waals surface area contributed by atoms with Gasteiger partial charge in [0.1, 0.15) is 0 Å². The van der Waals surface area contributed by atoms with Crippen molar-refractivity contribution < 1.29 is 24.5 Å². The Morgan fingerprint density at radius 2 is 0.597 bits per heavy atom. The van der Waals surface area contributed by atoms with E-state index in [-0.39, 0.29) is 18.5 Å². The van der Waals surface area contributed by atoms with Crippen LogP contribution < -0.4 is 5.32 Å². The maximum Gasteiger partial charge on any atom is 0.305 e. The van der Waals surface area contributed by atoms with Gasteiger partial charge in [0.05, 0.1) is 25.4 Å². The Kier molecular flexibility index (Phi) is 65.9. The molecule has 0 heterocycles. The molecule has 0 saturated carbocycles. The van der Waals surface area contributed by atoms with Crippen LogP contribution in [0.3, 0.4) is 0 Å². The molecule has 77 heavy (non-hydrogen) atoms. The summed E-state index contributed by atoms with van der Waals surface area (Å²) in [6.07, 6.45) is 82.9. The van der Waals surface area contributed by atoms with E-state index >= 15 is 0 Å². The molecule has 6 nitrogen and oxygen atoms in total. The quantitative estimate of drug-likeness (QED) is 0.0320. The van der Waals surface area contributed by atoms with Crippen LogP contribution in [0.4, 0.5) is 0 Å². The Balaban J connectivity index is 3.40. The van der Waals surface area contributed by atoms with E-state index in [4.69, 9.17) is 4.74 Å². The minimum Gasteiger partial charge on any atom is -0.466 e. The van der Waals surface area contributed by atoms with E-state index in [0.717, 1.165) is 38.5 Å². The molecule has 0 aromatic carbocycles. The van der Waals surface area contributed by atoms with Crippen molar-refractivity contribution in [2.75, 3.05) is 13.2 Å². The Hall–Kier alpha value is -1.40. The SMILES string of the molecule is CCCCCCCCCCCCCCCCCCCCCCCCC/C=C/C(O)C(CO)NC(=O)CCCCCCCCCCCCCCCCCCCCCCCCOC(=O)CCCCCCCCCCCCCCC. The Morgan fingerprint density at radius 1 is 0.351 bits per heavy atom. The van der Waals surface area contributed by atoms with E-state index in [0.29, 0.717) is 19.4 Å². The fourth-order valence-corrected chi connectivity index (χ4v) is 11.4. The van der Waals surface area contributed by atoms with Gasteiger partial charge in [0, 0.05) is 12.8 Å². The van der Waals surface area contributed by atoms with Crippen LogP contribution in [-0.2, 0) is 14.3 Å². The number of rotatable bonds is 67. The molecule has 3 N–H and O–H groups in total. The summed E-state index contributed by atoms with van der Waals surface area (Å²) in [7, 11) is 0. The number of nitrogens with one attached hydrogen (secondary N) is 1. The number of unbranched alkanes of at least 4 members (excludes halogenated alkanes) is 56. The molecule has 0 rings (SSSR count). The average molecular weight is 1090 g/mol. The smallest absolute Gasteiger partial charge is 0.305 e. The minimum absolute atomic E-state index is 0.0154. The summed E-state index contributed by atoms with van der Waals surface area (Å²) in [5.41, 5.74) is 0. The molecule has 0 bridgehead atoms. The Labute approximate surface area is 482 Å². The zero-order chi connectivity index (χ0) is 55.7. The Bertz CT molecular complexity index is 1160. The van der Waals surface area contributed by atoms with Crippen molar-refractivity contribution in [2.45, 2.75) is 418 Å². The molecule has 2 atom stereocenters. The number of allylic oxidation sites excluding steroid dienone is 1. The first-order valence-corrected chi connectivity index (χ1v) is 35.5. The highest BCUT2D eigenvalue weighted by Gasteiger charge is 2.18. The monoisotopic (exact) mass is 1090 g/mol. The highest BCUT2D eigenvalue weighted by Crippen LogP contribution is 2.19. The molecule has 458 valence electrons. The topological polar surface area (TPSA) is 95.9 Å². The van der Waals surface area contributed by atoms with Crippen LogP contribution in [0.25, 0.3) is 0 Å². The van der Waals surface area contributed by atoms with Crippen LogP contribution in [0.2, 0.25) is 0 Å². The van der Waals surface area contributed by atoms with Crippen molar-refractivity contribution in [3.05, 3.63) is 12.2 Å². The van der Waals surface area contributed by atoms with Gasteiger partial charge in [0.25, 0.3) is 0 Å². The van der Waals surface area contributed by atoms with E-state index < -0.39 is 12.1 Å². The molecule has 0 aliphatic carbocycles. The van der Waals surface area contributed by atoms with Crippen molar-refractivity contribution in [1.82, 2.24) is 5.32 Å².